The average molecular weight is 642 g/mol. The van der Waals surface area contributed by atoms with Gasteiger partial charge < -0.3 is 30.4 Å². The summed E-state index contributed by atoms with van der Waals surface area (Å²) < 4.78 is 13.9. The molecule has 0 bridgehead atoms. The van der Waals surface area contributed by atoms with Gasteiger partial charge in [-0.25, -0.2) is 4.79 Å². The van der Waals surface area contributed by atoms with Gasteiger partial charge in [0.25, 0.3) is 5.03 Å². The second-order valence-corrected chi connectivity index (χ2v) is 12.5. The molecule has 0 aliphatic carbocycles. The molecule has 1 aliphatic heterocycles. The van der Waals surface area contributed by atoms with Crippen molar-refractivity contribution in [1.29, 1.82) is 0 Å². The van der Waals surface area contributed by atoms with Crippen LogP contribution in [0.3, 0.4) is 0 Å². The number of carbonyl (C=O) groups excluding carboxylic acids is 2. The SMILES string of the molecule is CC(=O)C(Cc1ccccc1)NC(=O)NCc1ccc(C2OC(CSc3cccc[n+]3[O-])C(C)C(c3ccc(CO)cc3)O2)cc1. The van der Waals surface area contributed by atoms with Crippen molar-refractivity contribution in [3.05, 3.63) is 136 Å². The summed E-state index contributed by atoms with van der Waals surface area (Å²) in [5.41, 5.74) is 4.47. The Morgan fingerprint density at radius 2 is 1.57 bits per heavy atom. The summed E-state index contributed by atoms with van der Waals surface area (Å²) in [7, 11) is 0. The lowest BCUT2D eigenvalue weighted by molar-refractivity contribution is -0.645. The Balaban J connectivity index is 1.24. The average Bonchev–Trinajstić information content (AvgIpc) is 3.08. The van der Waals surface area contributed by atoms with E-state index in [0.29, 0.717) is 17.2 Å². The lowest BCUT2D eigenvalue weighted by Gasteiger charge is -2.41. The summed E-state index contributed by atoms with van der Waals surface area (Å²) in [5, 5.41) is 28.0. The van der Waals surface area contributed by atoms with Crippen LogP contribution in [0.1, 0.15) is 54.1 Å². The first-order chi connectivity index (χ1) is 22.3. The topological polar surface area (TPSA) is 124 Å². The molecular weight excluding hydrogens is 602 g/mol. The van der Waals surface area contributed by atoms with Crippen LogP contribution >= 0.6 is 11.8 Å². The van der Waals surface area contributed by atoms with Crippen molar-refractivity contribution < 1.29 is 28.9 Å². The highest BCUT2D eigenvalue weighted by atomic mass is 32.2. The molecule has 240 valence electrons. The molecule has 1 aliphatic rings. The van der Waals surface area contributed by atoms with E-state index in [1.54, 1.807) is 12.1 Å². The largest absolute Gasteiger partial charge is 0.618 e. The van der Waals surface area contributed by atoms with E-state index in [4.69, 9.17) is 9.47 Å². The van der Waals surface area contributed by atoms with E-state index in [9.17, 15) is 19.9 Å². The molecule has 1 saturated heterocycles. The Labute approximate surface area is 273 Å². The van der Waals surface area contributed by atoms with Gasteiger partial charge in [0.2, 0.25) is 0 Å². The first-order valence-electron chi connectivity index (χ1n) is 15.3. The van der Waals surface area contributed by atoms with Crippen molar-refractivity contribution >= 4 is 23.6 Å². The van der Waals surface area contributed by atoms with Crippen LogP contribution in [0.2, 0.25) is 0 Å². The number of nitrogens with one attached hydrogen (secondary N) is 2. The Hall–Kier alpha value is -4.22. The third-order valence-corrected chi connectivity index (χ3v) is 9.20. The number of benzene rings is 3. The quantitative estimate of drug-likeness (QED) is 0.108. The number of urea groups is 1. The van der Waals surface area contributed by atoms with Crippen molar-refractivity contribution in [2.24, 2.45) is 5.92 Å². The number of ether oxygens (including phenoxy) is 2. The number of aliphatic hydroxyl groups excluding tert-OH is 1. The molecule has 1 fully saturated rings. The molecule has 0 saturated carbocycles. The second-order valence-electron chi connectivity index (χ2n) is 11.4. The van der Waals surface area contributed by atoms with Gasteiger partial charge in [-0.1, -0.05) is 97.5 Å². The van der Waals surface area contributed by atoms with Crippen LogP contribution in [0.15, 0.2) is 108 Å². The van der Waals surface area contributed by atoms with Crippen LogP contribution in [-0.4, -0.2) is 34.8 Å². The molecule has 5 atom stereocenters. The lowest BCUT2D eigenvalue weighted by Crippen LogP contribution is -2.46. The van der Waals surface area contributed by atoms with Crippen molar-refractivity contribution in [1.82, 2.24) is 10.6 Å². The molecule has 2 amide bonds. The van der Waals surface area contributed by atoms with E-state index >= 15 is 0 Å². The summed E-state index contributed by atoms with van der Waals surface area (Å²) in [4.78, 5) is 24.8. The smallest absolute Gasteiger partial charge is 0.315 e. The molecule has 9 nitrogen and oxygen atoms in total. The minimum Gasteiger partial charge on any atom is -0.618 e. The molecule has 4 aromatic rings. The fourth-order valence-corrected chi connectivity index (χ4v) is 6.41. The number of nitrogens with zero attached hydrogens (tertiary/aromatic N) is 1. The predicted octanol–water partition coefficient (Wildman–Crippen LogP) is 5.40. The van der Waals surface area contributed by atoms with Gasteiger partial charge in [0.05, 0.1) is 24.9 Å². The van der Waals surface area contributed by atoms with Gasteiger partial charge in [-0.05, 0) is 41.7 Å². The molecule has 2 heterocycles. The van der Waals surface area contributed by atoms with Gasteiger partial charge in [0.1, 0.15) is 0 Å². The van der Waals surface area contributed by atoms with Crippen LogP contribution in [-0.2, 0) is 33.8 Å². The molecule has 0 spiro atoms. The number of ketones is 1. The van der Waals surface area contributed by atoms with Gasteiger partial charge in [0.15, 0.2) is 18.3 Å². The highest BCUT2D eigenvalue weighted by Gasteiger charge is 2.38. The standard InChI is InChI=1S/C36H39N3O6S/c1-24-32(23-46-33-10-6-7-19-39(33)43)44-35(45-34(24)29-15-13-28(22-40)14-16-29)30-17-11-27(12-18-30)21-37-36(42)38-31(25(2)41)20-26-8-4-3-5-9-26/h3-19,24,31-32,34-35,40H,20-23H2,1-2H3,(H2,37,38,42). The van der Waals surface area contributed by atoms with Crippen LogP contribution in [0, 0.1) is 11.1 Å². The first-order valence-corrected chi connectivity index (χ1v) is 16.3. The summed E-state index contributed by atoms with van der Waals surface area (Å²) in [6.07, 6.45) is 0.757. The predicted molar refractivity (Wildman–Crippen MR) is 176 cm³/mol. The normalized spacial score (nSPS) is 20.1. The van der Waals surface area contributed by atoms with E-state index in [0.717, 1.165) is 32.5 Å². The van der Waals surface area contributed by atoms with Gasteiger partial charge in [-0.3, -0.25) is 4.79 Å². The highest BCUT2D eigenvalue weighted by Crippen LogP contribution is 2.42. The molecule has 46 heavy (non-hydrogen) atoms. The Kier molecular flexibility index (Phi) is 11.4. The fraction of sp³-hybridized carbons (Fsp3) is 0.306. The van der Waals surface area contributed by atoms with E-state index in [1.165, 1.54) is 24.9 Å². The van der Waals surface area contributed by atoms with Crippen molar-refractivity contribution in [3.63, 3.8) is 0 Å². The zero-order chi connectivity index (χ0) is 32.5. The second kappa shape index (κ2) is 15.9. The summed E-state index contributed by atoms with van der Waals surface area (Å²) in [6.45, 7) is 3.80. The number of aliphatic hydroxyl groups is 1. The van der Waals surface area contributed by atoms with E-state index in [-0.39, 0.29) is 37.1 Å². The Morgan fingerprint density at radius 3 is 2.24 bits per heavy atom. The number of amides is 2. The molecule has 0 radical (unpaired) electrons. The minimum atomic E-state index is -0.654. The Bertz CT molecular complexity index is 1590. The van der Waals surface area contributed by atoms with Crippen molar-refractivity contribution in [2.75, 3.05) is 5.75 Å². The fourth-order valence-electron chi connectivity index (χ4n) is 5.33. The number of aromatic nitrogens is 1. The number of hydrogen-bond acceptors (Lipinski definition) is 7. The molecule has 3 aromatic carbocycles. The number of Topliss-reactive ketones (excluding diaryl/α,β-unsaturated/α-hetero) is 1. The van der Waals surface area contributed by atoms with Crippen molar-refractivity contribution in [3.8, 4) is 0 Å². The van der Waals surface area contributed by atoms with Crippen LogP contribution in [0.4, 0.5) is 4.79 Å². The summed E-state index contributed by atoms with van der Waals surface area (Å²) in [5.74, 6) is 0.428. The molecular formula is C36H39N3O6S. The number of thioether (sulfide) groups is 1. The van der Waals surface area contributed by atoms with Crippen LogP contribution in [0.25, 0.3) is 0 Å². The highest BCUT2D eigenvalue weighted by molar-refractivity contribution is 7.99. The summed E-state index contributed by atoms with van der Waals surface area (Å²) >= 11 is 1.45. The third kappa shape index (κ3) is 8.73. The van der Waals surface area contributed by atoms with Gasteiger partial charge in [0, 0.05) is 35.9 Å². The number of hydrogen-bond donors (Lipinski definition) is 3. The van der Waals surface area contributed by atoms with E-state index < -0.39 is 18.4 Å². The maximum atomic E-state index is 12.6. The van der Waals surface area contributed by atoms with E-state index in [2.05, 4.69) is 17.6 Å². The molecule has 5 rings (SSSR count). The maximum Gasteiger partial charge on any atom is 0.315 e. The van der Waals surface area contributed by atoms with Gasteiger partial charge in [-0.15, -0.1) is 0 Å². The number of rotatable bonds is 12. The van der Waals surface area contributed by atoms with Gasteiger partial charge >= 0.3 is 6.03 Å². The maximum absolute atomic E-state index is 12.6. The molecule has 3 N–H and O–H groups in total. The van der Waals surface area contributed by atoms with Crippen molar-refractivity contribution in [2.45, 2.75) is 63.0 Å². The lowest BCUT2D eigenvalue weighted by atomic mass is 9.91. The molecule has 5 unspecified atom stereocenters. The van der Waals surface area contributed by atoms with E-state index in [1.807, 2.05) is 84.9 Å². The minimum absolute atomic E-state index is 0.0183. The monoisotopic (exact) mass is 641 g/mol. The molecule has 10 heteroatoms. The van der Waals surface area contributed by atoms with Gasteiger partial charge in [-0.2, -0.15) is 4.73 Å². The zero-order valence-electron chi connectivity index (χ0n) is 25.9. The summed E-state index contributed by atoms with van der Waals surface area (Å²) in [6, 6.07) is 29.3. The number of carbonyl (C=O) groups is 2. The van der Waals surface area contributed by atoms with Crippen LogP contribution < -0.4 is 15.4 Å². The van der Waals surface area contributed by atoms with Crippen LogP contribution in [0.5, 0.6) is 0 Å². The number of pyridine rings is 1. The first kappa shape index (κ1) is 33.2. The Morgan fingerprint density at radius 1 is 0.891 bits per heavy atom. The zero-order valence-corrected chi connectivity index (χ0v) is 26.7. The third-order valence-electron chi connectivity index (χ3n) is 8.09. The molecule has 1 aromatic heterocycles.